The first kappa shape index (κ1) is 16.2. The number of nitrogens with one attached hydrogen (secondary N) is 1. The van der Waals surface area contributed by atoms with Crippen molar-refractivity contribution < 1.29 is 14.3 Å². The number of hydrogen-bond acceptors (Lipinski definition) is 4. The highest BCUT2D eigenvalue weighted by atomic mass is 16.5. The first-order valence-electron chi connectivity index (χ1n) is 8.93. The van der Waals surface area contributed by atoms with Gasteiger partial charge in [-0.1, -0.05) is 0 Å². The van der Waals surface area contributed by atoms with Crippen LogP contribution in [0.25, 0.3) is 0 Å². The van der Waals surface area contributed by atoms with Crippen molar-refractivity contribution in [2.24, 2.45) is 5.92 Å². The molecule has 3 aliphatic heterocycles. The quantitative estimate of drug-likeness (QED) is 0.757. The summed E-state index contributed by atoms with van der Waals surface area (Å²) in [5.41, 5.74) is 0. The second kappa shape index (κ2) is 7.28. The molecular weight excluding hydrogens is 280 g/mol. The summed E-state index contributed by atoms with van der Waals surface area (Å²) >= 11 is 0. The van der Waals surface area contributed by atoms with Gasteiger partial charge in [0.15, 0.2) is 0 Å². The van der Waals surface area contributed by atoms with Crippen molar-refractivity contribution in [3.8, 4) is 0 Å². The smallest absolute Gasteiger partial charge is 0.225 e. The first-order valence-corrected chi connectivity index (χ1v) is 8.93. The molecule has 126 valence electrons. The number of amides is 1. The predicted octanol–water partition coefficient (Wildman–Crippen LogP) is 1.56. The Balaban J connectivity index is 1.27. The third-order valence-corrected chi connectivity index (χ3v) is 5.14. The molecule has 0 radical (unpaired) electrons. The molecule has 0 aromatic carbocycles. The number of rotatable bonds is 6. The van der Waals surface area contributed by atoms with Crippen LogP contribution in [0.5, 0.6) is 0 Å². The zero-order valence-corrected chi connectivity index (χ0v) is 13.9. The molecule has 0 saturated carbocycles. The molecule has 22 heavy (non-hydrogen) atoms. The van der Waals surface area contributed by atoms with Crippen LogP contribution in [-0.2, 0) is 14.3 Å². The van der Waals surface area contributed by atoms with Gasteiger partial charge in [-0.3, -0.25) is 9.69 Å². The number of unbranched alkanes of at least 4 members (excludes halogenated alkanes) is 1. The average molecular weight is 310 g/mol. The van der Waals surface area contributed by atoms with E-state index in [9.17, 15) is 4.79 Å². The number of hydrogen-bond donors (Lipinski definition) is 1. The van der Waals surface area contributed by atoms with Gasteiger partial charge in [-0.05, 0) is 52.5 Å². The van der Waals surface area contributed by atoms with Gasteiger partial charge >= 0.3 is 0 Å². The lowest BCUT2D eigenvalue weighted by Crippen LogP contribution is -2.45. The summed E-state index contributed by atoms with van der Waals surface area (Å²) in [6.45, 7) is 8.23. The van der Waals surface area contributed by atoms with Gasteiger partial charge in [-0.25, -0.2) is 0 Å². The Morgan fingerprint density at radius 1 is 1.14 bits per heavy atom. The van der Waals surface area contributed by atoms with Crippen molar-refractivity contribution in [1.29, 1.82) is 0 Å². The van der Waals surface area contributed by atoms with E-state index >= 15 is 0 Å². The molecule has 3 saturated heterocycles. The van der Waals surface area contributed by atoms with Gasteiger partial charge in [0.05, 0.1) is 30.3 Å². The summed E-state index contributed by atoms with van der Waals surface area (Å²) < 4.78 is 11.5. The van der Waals surface area contributed by atoms with Gasteiger partial charge < -0.3 is 14.8 Å². The van der Waals surface area contributed by atoms with E-state index in [1.54, 1.807) is 0 Å². The Morgan fingerprint density at radius 3 is 2.55 bits per heavy atom. The molecule has 3 aliphatic rings. The fourth-order valence-electron chi connectivity index (χ4n) is 4.18. The maximum Gasteiger partial charge on any atom is 0.225 e. The highest BCUT2D eigenvalue weighted by molar-refractivity contribution is 5.79. The molecule has 0 aromatic rings. The molecule has 5 nitrogen and oxygen atoms in total. The van der Waals surface area contributed by atoms with E-state index in [0.29, 0.717) is 18.3 Å². The molecule has 0 spiro atoms. The van der Waals surface area contributed by atoms with Crippen molar-refractivity contribution in [2.75, 3.05) is 26.2 Å². The molecule has 3 fully saturated rings. The molecule has 0 aromatic heterocycles. The molecule has 5 atom stereocenters. The number of ether oxygens (including phenoxy) is 2. The molecule has 3 rings (SSSR count). The van der Waals surface area contributed by atoms with Crippen molar-refractivity contribution in [3.63, 3.8) is 0 Å². The molecule has 3 heterocycles. The Hall–Kier alpha value is -0.650. The summed E-state index contributed by atoms with van der Waals surface area (Å²) in [6.07, 6.45) is 6.54. The van der Waals surface area contributed by atoms with E-state index in [1.807, 2.05) is 0 Å². The van der Waals surface area contributed by atoms with Crippen LogP contribution >= 0.6 is 0 Å². The second-order valence-corrected chi connectivity index (χ2v) is 7.23. The van der Waals surface area contributed by atoms with Gasteiger partial charge in [0.1, 0.15) is 0 Å². The van der Waals surface area contributed by atoms with Gasteiger partial charge in [-0.15, -0.1) is 0 Å². The van der Waals surface area contributed by atoms with E-state index in [0.717, 1.165) is 58.3 Å². The molecule has 2 bridgehead atoms. The minimum Gasteiger partial charge on any atom is -0.374 e. The van der Waals surface area contributed by atoms with Crippen molar-refractivity contribution in [3.05, 3.63) is 0 Å². The van der Waals surface area contributed by atoms with Crippen LogP contribution in [0.1, 0.15) is 46.0 Å². The number of morpholine rings is 1. The standard InChI is InChI=1S/C17H30N2O3/c1-12-10-19(11-13(2)21-12)8-4-3-7-18-17(20)15-9-14-5-6-16(15)22-14/h12-16H,3-11H2,1-2H3,(H,18,20)/t12-,13-,14+,15+,16+/m1/s1. The zero-order valence-electron chi connectivity index (χ0n) is 13.9. The molecule has 5 heteroatoms. The van der Waals surface area contributed by atoms with Gasteiger partial charge in [0.25, 0.3) is 0 Å². The van der Waals surface area contributed by atoms with Crippen molar-refractivity contribution >= 4 is 5.91 Å². The summed E-state index contributed by atoms with van der Waals surface area (Å²) in [5.74, 6) is 0.320. The zero-order chi connectivity index (χ0) is 15.5. The Morgan fingerprint density at radius 2 is 1.91 bits per heavy atom. The van der Waals surface area contributed by atoms with E-state index in [4.69, 9.17) is 9.47 Å². The Labute approximate surface area is 133 Å². The lowest BCUT2D eigenvalue weighted by atomic mass is 9.88. The topological polar surface area (TPSA) is 50.8 Å². The number of carbonyl (C=O) groups is 1. The largest absolute Gasteiger partial charge is 0.374 e. The molecular formula is C17H30N2O3. The van der Waals surface area contributed by atoms with Crippen LogP contribution in [0.2, 0.25) is 0 Å². The van der Waals surface area contributed by atoms with Crippen molar-refractivity contribution in [2.45, 2.75) is 70.4 Å². The van der Waals surface area contributed by atoms with E-state index < -0.39 is 0 Å². The van der Waals surface area contributed by atoms with Crippen LogP contribution < -0.4 is 5.32 Å². The lowest BCUT2D eigenvalue weighted by molar-refractivity contribution is -0.126. The lowest BCUT2D eigenvalue weighted by Gasteiger charge is -2.35. The maximum atomic E-state index is 12.2. The van der Waals surface area contributed by atoms with Crippen LogP contribution in [0.3, 0.4) is 0 Å². The van der Waals surface area contributed by atoms with Crippen LogP contribution in [-0.4, -0.2) is 61.4 Å². The predicted molar refractivity (Wildman–Crippen MR) is 84.7 cm³/mol. The second-order valence-electron chi connectivity index (χ2n) is 7.23. The molecule has 1 amide bonds. The summed E-state index contributed by atoms with van der Waals surface area (Å²) in [4.78, 5) is 14.6. The van der Waals surface area contributed by atoms with Gasteiger partial charge in [-0.2, -0.15) is 0 Å². The third-order valence-electron chi connectivity index (χ3n) is 5.14. The highest BCUT2D eigenvalue weighted by Crippen LogP contribution is 2.38. The highest BCUT2D eigenvalue weighted by Gasteiger charge is 2.44. The summed E-state index contributed by atoms with van der Waals surface area (Å²) in [7, 11) is 0. The van der Waals surface area contributed by atoms with Gasteiger partial charge in [0, 0.05) is 19.6 Å². The van der Waals surface area contributed by atoms with E-state index in [2.05, 4.69) is 24.1 Å². The van der Waals surface area contributed by atoms with E-state index in [-0.39, 0.29) is 17.9 Å². The van der Waals surface area contributed by atoms with Crippen LogP contribution in [0.4, 0.5) is 0 Å². The summed E-state index contributed by atoms with van der Waals surface area (Å²) in [5, 5.41) is 3.10. The first-order chi connectivity index (χ1) is 10.6. The minimum atomic E-state index is 0.111. The Kier molecular flexibility index (Phi) is 5.37. The van der Waals surface area contributed by atoms with Gasteiger partial charge in [0.2, 0.25) is 5.91 Å². The normalized spacial score (nSPS) is 38.4. The average Bonchev–Trinajstić information content (AvgIpc) is 3.08. The number of carbonyl (C=O) groups excluding carboxylic acids is 1. The van der Waals surface area contributed by atoms with Crippen LogP contribution in [0.15, 0.2) is 0 Å². The monoisotopic (exact) mass is 310 g/mol. The SMILES string of the molecule is C[C@@H]1CN(CCCCNC(=O)[C@H]2C[C@@H]3CC[C@@H]2O3)C[C@@H](C)O1. The third kappa shape index (κ3) is 4.00. The number of nitrogens with zero attached hydrogens (tertiary/aromatic N) is 1. The fraction of sp³-hybridized carbons (Fsp3) is 0.941. The van der Waals surface area contributed by atoms with Crippen molar-refractivity contribution in [1.82, 2.24) is 10.2 Å². The summed E-state index contributed by atoms with van der Waals surface area (Å²) in [6, 6.07) is 0. The Bertz CT molecular complexity index is 380. The fourth-order valence-corrected chi connectivity index (χ4v) is 4.18. The number of fused-ring (bicyclic) bond motifs is 2. The molecule has 1 N–H and O–H groups in total. The molecule has 0 aliphatic carbocycles. The minimum absolute atomic E-state index is 0.111. The maximum absolute atomic E-state index is 12.2. The van der Waals surface area contributed by atoms with E-state index in [1.165, 1.54) is 0 Å². The van der Waals surface area contributed by atoms with Crippen LogP contribution in [0, 0.1) is 5.92 Å². The molecule has 0 unspecified atom stereocenters.